The lowest BCUT2D eigenvalue weighted by atomic mass is 9.88. The summed E-state index contributed by atoms with van der Waals surface area (Å²) < 4.78 is 1.89. The summed E-state index contributed by atoms with van der Waals surface area (Å²) in [5, 5.41) is 25.4. The predicted molar refractivity (Wildman–Crippen MR) is 430 cm³/mol. The van der Waals surface area contributed by atoms with Crippen molar-refractivity contribution in [2.45, 2.75) is 0 Å². The molecule has 0 aromatic heterocycles. The molecule has 0 unspecified atom stereocenters. The Kier molecular flexibility index (Phi) is 19.3. The highest BCUT2D eigenvalue weighted by Crippen LogP contribution is 2.49. The van der Waals surface area contributed by atoms with Gasteiger partial charge in [0.2, 0.25) is 0 Å². The van der Waals surface area contributed by atoms with E-state index < -0.39 is 0 Å². The molecule has 0 heterocycles. The Labute approximate surface area is 590 Å². The van der Waals surface area contributed by atoms with Crippen molar-refractivity contribution in [3.63, 3.8) is 0 Å². The van der Waals surface area contributed by atoms with Crippen molar-refractivity contribution in [2.24, 2.45) is 0 Å². The van der Waals surface area contributed by atoms with Crippen LogP contribution in [0.2, 0.25) is 0 Å². The number of nitrogens with one attached hydrogen (secondary N) is 6. The van der Waals surface area contributed by atoms with E-state index >= 15 is 0 Å². The zero-order chi connectivity index (χ0) is 66.6. The Balaban J connectivity index is 0.852. The SMILES string of the molecule is C=Cc1ccc(Nc2ccc(Br)cc2-c2c(/C=C\c3ccccc3)ccc(Nc3ccccc3)c2Nc2ccccc2)cc1-c1ccc(-c2cc(Nc3ccc(Br)cc3-c3c(/C=C\c4ccccc4)ccc(Nc4ccccc4)c3Nc3ccccc3)ccc2C=C)c2ccccc12. The Morgan fingerprint density at radius 3 is 0.918 bits per heavy atom. The van der Waals surface area contributed by atoms with Crippen molar-refractivity contribution in [3.05, 3.63) is 371 Å². The van der Waals surface area contributed by atoms with Gasteiger partial charge >= 0.3 is 0 Å². The first-order chi connectivity index (χ1) is 48.3. The average Bonchev–Trinajstić information content (AvgIpc) is 0.774. The normalized spacial score (nSPS) is 11.2. The first-order valence-corrected chi connectivity index (χ1v) is 34.2. The monoisotopic (exact) mass is 1390 g/mol. The van der Waals surface area contributed by atoms with Gasteiger partial charge in [-0.25, -0.2) is 0 Å². The lowest BCUT2D eigenvalue weighted by Gasteiger charge is -2.23. The molecular weight excluding hydrogens is 1320 g/mol. The number of halogens is 2. The van der Waals surface area contributed by atoms with E-state index in [0.29, 0.717) is 0 Å². The minimum atomic E-state index is 0.918. The number of hydrogen-bond acceptors (Lipinski definition) is 6. The molecule has 472 valence electrons. The number of rotatable bonds is 22. The number of para-hydroxylation sites is 4. The van der Waals surface area contributed by atoms with E-state index in [0.717, 1.165) is 166 Å². The maximum Gasteiger partial charge on any atom is 0.0710 e. The molecule has 0 amide bonds. The van der Waals surface area contributed by atoms with Gasteiger partial charge in [-0.05, 0) is 188 Å². The number of hydrogen-bond donors (Lipinski definition) is 6. The molecule has 0 atom stereocenters. The fourth-order valence-electron chi connectivity index (χ4n) is 12.6. The molecule has 6 N–H and O–H groups in total. The van der Waals surface area contributed by atoms with Crippen molar-refractivity contribution in [1.29, 1.82) is 0 Å². The minimum absolute atomic E-state index is 0.918. The second kappa shape index (κ2) is 29.8. The molecule has 0 saturated heterocycles. The van der Waals surface area contributed by atoms with E-state index in [1.165, 1.54) is 0 Å². The fourth-order valence-corrected chi connectivity index (χ4v) is 13.3. The van der Waals surface area contributed by atoms with Crippen LogP contribution in [0.3, 0.4) is 0 Å². The van der Waals surface area contributed by atoms with E-state index in [1.54, 1.807) is 0 Å². The van der Waals surface area contributed by atoms with Crippen LogP contribution in [0.4, 0.5) is 68.2 Å². The standard InChI is InChI=1S/C90H68Br2N6/c1-3-63-43-49-73(95-83-55-47-67(91)57-81(83)87-65(41-39-61-25-11-5-12-26-61)45-53-85(93-69-29-15-7-16-30-69)89(87)97-71-33-19-9-20-34-71)59-79(63)77-51-52-78(76-38-24-23-37-75(76)77)80-60-74(50-44-64(80)4-2)96-84-56-48-68(92)58-82(84)88-66(42-40-62-27-13-6-14-28-62)46-54-86(94-70-31-17-8-18-32-70)90(88)98-72-35-21-10-22-36-72/h3-60,93-98H,1-2H2/b41-39-,42-40-. The van der Waals surface area contributed by atoms with Gasteiger partial charge in [0, 0.05) is 76.7 Å². The summed E-state index contributed by atoms with van der Waals surface area (Å²) in [6.07, 6.45) is 12.7. The van der Waals surface area contributed by atoms with E-state index in [9.17, 15) is 0 Å². The summed E-state index contributed by atoms with van der Waals surface area (Å²) in [5.74, 6) is 0. The molecule has 14 aromatic carbocycles. The Bertz CT molecular complexity index is 4920. The van der Waals surface area contributed by atoms with E-state index in [-0.39, 0.29) is 0 Å². The summed E-state index contributed by atoms with van der Waals surface area (Å²) >= 11 is 7.83. The van der Waals surface area contributed by atoms with Crippen molar-refractivity contribution >= 4 is 147 Å². The van der Waals surface area contributed by atoms with Gasteiger partial charge < -0.3 is 31.9 Å². The largest absolute Gasteiger partial charge is 0.355 e. The van der Waals surface area contributed by atoms with Crippen LogP contribution >= 0.6 is 31.9 Å². The van der Waals surface area contributed by atoms with Crippen LogP contribution in [0, 0.1) is 0 Å². The van der Waals surface area contributed by atoms with Crippen molar-refractivity contribution in [2.75, 3.05) is 31.9 Å². The number of benzene rings is 14. The highest BCUT2D eigenvalue weighted by Gasteiger charge is 2.23. The Hall–Kier alpha value is -11.9. The minimum Gasteiger partial charge on any atom is -0.355 e. The maximum absolute atomic E-state index is 4.36. The van der Waals surface area contributed by atoms with Crippen molar-refractivity contribution in [1.82, 2.24) is 0 Å². The number of anilines is 12. The average molecular weight is 1390 g/mol. The van der Waals surface area contributed by atoms with Crippen LogP contribution < -0.4 is 31.9 Å². The van der Waals surface area contributed by atoms with Gasteiger partial charge in [-0.15, -0.1) is 0 Å². The second-order valence-electron chi connectivity index (χ2n) is 23.7. The molecular formula is C90H68Br2N6. The molecule has 0 spiro atoms. The Morgan fingerprint density at radius 1 is 0.235 bits per heavy atom. The summed E-state index contributed by atoms with van der Waals surface area (Å²) in [6.45, 7) is 8.73. The van der Waals surface area contributed by atoms with Crippen LogP contribution in [0.15, 0.2) is 338 Å². The topological polar surface area (TPSA) is 72.2 Å². The van der Waals surface area contributed by atoms with E-state index in [1.807, 2.05) is 72.8 Å². The van der Waals surface area contributed by atoms with Crippen LogP contribution in [-0.4, -0.2) is 0 Å². The lowest BCUT2D eigenvalue weighted by molar-refractivity contribution is 1.46. The van der Waals surface area contributed by atoms with Gasteiger partial charge in [0.25, 0.3) is 0 Å². The molecule has 0 fully saturated rings. The highest BCUT2D eigenvalue weighted by molar-refractivity contribution is 9.10. The van der Waals surface area contributed by atoms with Gasteiger partial charge in [-0.1, -0.05) is 276 Å². The highest BCUT2D eigenvalue weighted by atomic mass is 79.9. The molecule has 0 saturated carbocycles. The van der Waals surface area contributed by atoms with Crippen molar-refractivity contribution in [3.8, 4) is 44.5 Å². The van der Waals surface area contributed by atoms with E-state index in [4.69, 9.17) is 0 Å². The lowest BCUT2D eigenvalue weighted by Crippen LogP contribution is -2.03. The molecule has 0 aliphatic heterocycles. The summed E-state index contributed by atoms with van der Waals surface area (Å²) in [6, 6.07) is 110. The molecule has 14 rings (SSSR count). The van der Waals surface area contributed by atoms with Gasteiger partial charge in [-0.2, -0.15) is 0 Å². The fraction of sp³-hybridized carbons (Fsp3) is 0. The quantitative estimate of drug-likeness (QED) is 0.0380. The maximum atomic E-state index is 4.36. The molecule has 8 heteroatoms. The van der Waals surface area contributed by atoms with Crippen LogP contribution in [0.25, 0.3) is 91.7 Å². The zero-order valence-corrected chi connectivity index (χ0v) is 56.8. The molecule has 98 heavy (non-hydrogen) atoms. The smallest absolute Gasteiger partial charge is 0.0710 e. The van der Waals surface area contributed by atoms with E-state index in [2.05, 4.69) is 356 Å². The molecule has 14 aromatic rings. The first-order valence-electron chi connectivity index (χ1n) is 32.6. The van der Waals surface area contributed by atoms with Crippen LogP contribution in [-0.2, 0) is 0 Å². The third-order valence-electron chi connectivity index (χ3n) is 17.3. The van der Waals surface area contributed by atoms with Gasteiger partial charge in [0.15, 0.2) is 0 Å². The third-order valence-corrected chi connectivity index (χ3v) is 18.3. The van der Waals surface area contributed by atoms with Crippen LogP contribution in [0.1, 0.15) is 33.4 Å². The first kappa shape index (κ1) is 63.5. The molecule has 0 radical (unpaired) electrons. The number of fused-ring (bicyclic) bond motifs is 1. The van der Waals surface area contributed by atoms with Crippen LogP contribution in [0.5, 0.6) is 0 Å². The summed E-state index contributed by atoms with van der Waals surface area (Å²) in [7, 11) is 0. The zero-order valence-electron chi connectivity index (χ0n) is 53.7. The second-order valence-corrected chi connectivity index (χ2v) is 25.5. The van der Waals surface area contributed by atoms with Crippen molar-refractivity contribution < 1.29 is 0 Å². The van der Waals surface area contributed by atoms with Gasteiger partial charge in [0.05, 0.1) is 22.7 Å². The molecule has 0 aliphatic rings. The Morgan fingerprint density at radius 2 is 0.551 bits per heavy atom. The summed E-state index contributed by atoms with van der Waals surface area (Å²) in [5.41, 5.74) is 25.8. The summed E-state index contributed by atoms with van der Waals surface area (Å²) in [4.78, 5) is 0. The predicted octanol–water partition coefficient (Wildman–Crippen LogP) is 27.1. The van der Waals surface area contributed by atoms with Gasteiger partial charge in [0.1, 0.15) is 0 Å². The third kappa shape index (κ3) is 14.5. The molecule has 0 bridgehead atoms. The molecule has 6 nitrogen and oxygen atoms in total. The molecule has 0 aliphatic carbocycles. The van der Waals surface area contributed by atoms with Gasteiger partial charge in [-0.3, -0.25) is 0 Å².